The van der Waals surface area contributed by atoms with E-state index < -0.39 is 29.2 Å². The second-order valence-corrected chi connectivity index (χ2v) is 6.09. The monoisotopic (exact) mass is 331 g/mol. The molecule has 0 saturated carbocycles. The van der Waals surface area contributed by atoms with E-state index in [9.17, 15) is 14.0 Å². The number of benzene rings is 1. The summed E-state index contributed by atoms with van der Waals surface area (Å²) in [4.78, 5) is 23.1. The number of halogens is 2. The summed E-state index contributed by atoms with van der Waals surface area (Å²) < 4.78 is 13.6. The van der Waals surface area contributed by atoms with E-state index in [-0.39, 0.29) is 10.0 Å². The van der Waals surface area contributed by atoms with E-state index in [1.54, 1.807) is 20.8 Å². The number of carbonyl (C=O) groups excluding carboxylic acids is 1. The molecular weight excluding hydrogens is 317 g/mol. The van der Waals surface area contributed by atoms with Gasteiger partial charge in [0, 0.05) is 5.56 Å². The lowest BCUT2D eigenvalue weighted by atomic mass is 9.86. The van der Waals surface area contributed by atoms with Crippen LogP contribution in [0.5, 0.6) is 0 Å². The molecule has 19 heavy (non-hydrogen) atoms. The maximum Gasteiger partial charge on any atom is 0.326 e. The van der Waals surface area contributed by atoms with Crippen LogP contribution in [-0.4, -0.2) is 23.0 Å². The number of hydrogen-bond donors (Lipinski definition) is 2. The molecule has 0 fully saturated rings. The molecule has 0 spiro atoms. The molecule has 1 amide bonds. The Morgan fingerprint density at radius 1 is 1.37 bits per heavy atom. The molecular formula is C13H15BrFNO3. The first kappa shape index (κ1) is 15.6. The number of amides is 1. The van der Waals surface area contributed by atoms with Crippen LogP contribution in [0.25, 0.3) is 0 Å². The Morgan fingerprint density at radius 2 is 1.95 bits per heavy atom. The zero-order valence-electron chi connectivity index (χ0n) is 10.8. The Morgan fingerprint density at radius 3 is 2.37 bits per heavy atom. The van der Waals surface area contributed by atoms with Crippen molar-refractivity contribution in [1.82, 2.24) is 5.32 Å². The molecule has 6 heteroatoms. The molecule has 104 valence electrons. The van der Waals surface area contributed by atoms with Crippen molar-refractivity contribution >= 4 is 27.8 Å². The van der Waals surface area contributed by atoms with Gasteiger partial charge in [0.25, 0.3) is 5.91 Å². The minimum Gasteiger partial charge on any atom is -0.480 e. The minimum absolute atomic E-state index is 0.0798. The quantitative estimate of drug-likeness (QED) is 0.894. The molecule has 0 saturated heterocycles. The van der Waals surface area contributed by atoms with Crippen LogP contribution in [0.3, 0.4) is 0 Å². The van der Waals surface area contributed by atoms with Gasteiger partial charge in [-0.25, -0.2) is 9.18 Å². The maximum atomic E-state index is 13.3. The van der Waals surface area contributed by atoms with Crippen molar-refractivity contribution in [3.63, 3.8) is 0 Å². The summed E-state index contributed by atoms with van der Waals surface area (Å²) in [6, 6.07) is 2.83. The molecule has 0 heterocycles. The smallest absolute Gasteiger partial charge is 0.326 e. The summed E-state index contributed by atoms with van der Waals surface area (Å²) in [5.74, 6) is -2.32. The molecule has 0 aromatic heterocycles. The summed E-state index contributed by atoms with van der Waals surface area (Å²) in [5.41, 5.74) is -0.564. The first-order valence-corrected chi connectivity index (χ1v) is 6.41. The number of carbonyl (C=O) groups is 2. The highest BCUT2D eigenvalue weighted by Crippen LogP contribution is 2.21. The molecule has 1 rings (SSSR count). The van der Waals surface area contributed by atoms with E-state index in [0.29, 0.717) is 0 Å². The van der Waals surface area contributed by atoms with Crippen LogP contribution in [0, 0.1) is 11.2 Å². The third kappa shape index (κ3) is 4.02. The van der Waals surface area contributed by atoms with Crippen molar-refractivity contribution in [2.75, 3.05) is 0 Å². The van der Waals surface area contributed by atoms with E-state index >= 15 is 0 Å². The van der Waals surface area contributed by atoms with E-state index in [4.69, 9.17) is 5.11 Å². The predicted molar refractivity (Wildman–Crippen MR) is 72.4 cm³/mol. The lowest BCUT2D eigenvalue weighted by molar-refractivity contribution is -0.142. The van der Waals surface area contributed by atoms with Gasteiger partial charge in [-0.3, -0.25) is 4.79 Å². The normalized spacial score (nSPS) is 12.9. The molecule has 4 nitrogen and oxygen atoms in total. The molecule has 0 aliphatic rings. The Labute approximate surface area is 119 Å². The number of rotatable bonds is 3. The van der Waals surface area contributed by atoms with E-state index in [1.807, 2.05) is 0 Å². The molecule has 0 aliphatic carbocycles. The highest BCUT2D eigenvalue weighted by Gasteiger charge is 2.32. The van der Waals surface area contributed by atoms with E-state index in [1.165, 1.54) is 12.1 Å². The van der Waals surface area contributed by atoms with Crippen LogP contribution in [-0.2, 0) is 4.79 Å². The van der Waals surface area contributed by atoms with E-state index in [0.717, 1.165) is 6.07 Å². The Bertz CT molecular complexity index is 511. The van der Waals surface area contributed by atoms with Gasteiger partial charge < -0.3 is 10.4 Å². The van der Waals surface area contributed by atoms with Crippen LogP contribution in [0.2, 0.25) is 0 Å². The average Bonchev–Trinajstić information content (AvgIpc) is 2.27. The molecule has 0 unspecified atom stereocenters. The first-order chi connectivity index (χ1) is 8.62. The van der Waals surface area contributed by atoms with Crippen molar-refractivity contribution in [2.45, 2.75) is 26.8 Å². The predicted octanol–water partition coefficient (Wildman–Crippen LogP) is 2.82. The van der Waals surface area contributed by atoms with Crippen LogP contribution in [0.4, 0.5) is 4.39 Å². The van der Waals surface area contributed by atoms with Crippen molar-refractivity contribution in [3.05, 3.63) is 34.1 Å². The van der Waals surface area contributed by atoms with Crippen molar-refractivity contribution in [1.29, 1.82) is 0 Å². The maximum absolute atomic E-state index is 13.3. The van der Waals surface area contributed by atoms with Crippen LogP contribution in [0.1, 0.15) is 31.1 Å². The van der Waals surface area contributed by atoms with Gasteiger partial charge in [-0.1, -0.05) is 20.8 Å². The van der Waals surface area contributed by atoms with Gasteiger partial charge in [0.2, 0.25) is 0 Å². The van der Waals surface area contributed by atoms with Crippen LogP contribution < -0.4 is 5.32 Å². The summed E-state index contributed by atoms with van der Waals surface area (Å²) in [6.07, 6.45) is 0. The molecule has 0 aliphatic heterocycles. The van der Waals surface area contributed by atoms with Crippen LogP contribution in [0.15, 0.2) is 22.7 Å². The number of carboxylic acid groups (broad SMARTS) is 1. The molecule has 2 N–H and O–H groups in total. The Balaban J connectivity index is 2.94. The standard InChI is InChI=1S/C13H15BrFNO3/c1-13(2,3)10(12(18)19)16-11(17)7-4-5-8(14)9(15)6-7/h4-6,10H,1-3H3,(H,16,17)(H,18,19)/t10-/m0/s1. The summed E-state index contributed by atoms with van der Waals surface area (Å²) in [7, 11) is 0. The fourth-order valence-corrected chi connectivity index (χ4v) is 1.75. The average molecular weight is 332 g/mol. The zero-order chi connectivity index (χ0) is 14.8. The van der Waals surface area contributed by atoms with Crippen molar-refractivity contribution < 1.29 is 19.1 Å². The topological polar surface area (TPSA) is 66.4 Å². The SMILES string of the molecule is CC(C)(C)[C@@H](NC(=O)c1ccc(Br)c(F)c1)C(=O)O. The zero-order valence-corrected chi connectivity index (χ0v) is 12.4. The highest BCUT2D eigenvalue weighted by molar-refractivity contribution is 9.10. The fourth-order valence-electron chi connectivity index (χ4n) is 1.50. The first-order valence-electron chi connectivity index (χ1n) is 5.61. The molecule has 1 aromatic carbocycles. The number of carboxylic acids is 1. The summed E-state index contributed by atoms with van der Waals surface area (Å²) >= 11 is 2.98. The van der Waals surface area contributed by atoms with Gasteiger partial charge in [0.1, 0.15) is 11.9 Å². The number of aliphatic carboxylic acids is 1. The second kappa shape index (κ2) is 5.69. The second-order valence-electron chi connectivity index (χ2n) is 5.24. The fraction of sp³-hybridized carbons (Fsp3) is 0.385. The van der Waals surface area contributed by atoms with Gasteiger partial charge in [0.15, 0.2) is 0 Å². The Hall–Kier alpha value is -1.43. The number of nitrogens with one attached hydrogen (secondary N) is 1. The lowest BCUT2D eigenvalue weighted by Crippen LogP contribution is -2.49. The highest BCUT2D eigenvalue weighted by atomic mass is 79.9. The van der Waals surface area contributed by atoms with Gasteiger partial charge in [-0.05, 0) is 39.5 Å². The molecule has 1 atom stereocenters. The van der Waals surface area contributed by atoms with Crippen molar-refractivity contribution in [3.8, 4) is 0 Å². The Kier molecular flexibility index (Phi) is 4.68. The summed E-state index contributed by atoms with van der Waals surface area (Å²) in [5, 5.41) is 11.5. The summed E-state index contributed by atoms with van der Waals surface area (Å²) in [6.45, 7) is 5.11. The van der Waals surface area contributed by atoms with Gasteiger partial charge >= 0.3 is 5.97 Å². The molecule has 0 radical (unpaired) electrons. The largest absolute Gasteiger partial charge is 0.480 e. The van der Waals surface area contributed by atoms with Crippen molar-refractivity contribution in [2.24, 2.45) is 5.41 Å². The van der Waals surface area contributed by atoms with Gasteiger partial charge in [0.05, 0.1) is 4.47 Å². The lowest BCUT2D eigenvalue weighted by Gasteiger charge is -2.27. The minimum atomic E-state index is -1.13. The van der Waals surface area contributed by atoms with Gasteiger partial charge in [-0.15, -0.1) is 0 Å². The van der Waals surface area contributed by atoms with Crippen LogP contribution >= 0.6 is 15.9 Å². The third-order valence-corrected chi connectivity index (χ3v) is 3.21. The molecule has 1 aromatic rings. The number of hydrogen-bond acceptors (Lipinski definition) is 2. The van der Waals surface area contributed by atoms with Gasteiger partial charge in [-0.2, -0.15) is 0 Å². The molecule has 0 bridgehead atoms. The van der Waals surface area contributed by atoms with E-state index in [2.05, 4.69) is 21.2 Å². The third-order valence-electron chi connectivity index (χ3n) is 2.57.